The molecule has 0 saturated heterocycles. The van der Waals surface area contributed by atoms with Crippen LogP contribution in [0.3, 0.4) is 0 Å². The third kappa shape index (κ3) is 4.64. The van der Waals surface area contributed by atoms with E-state index in [1.54, 1.807) is 0 Å². The van der Waals surface area contributed by atoms with E-state index in [1.807, 2.05) is 32.5 Å². The lowest BCUT2D eigenvalue weighted by atomic mass is 9.95. The summed E-state index contributed by atoms with van der Waals surface area (Å²) in [7, 11) is 0. The first-order valence-electron chi connectivity index (χ1n) is 6.04. The number of rotatable bonds is 2. The minimum atomic E-state index is -0.159. The number of urea groups is 1. The number of hydrogen-bond donors (Lipinski definition) is 2. The zero-order valence-corrected chi connectivity index (χ0v) is 11.6. The summed E-state index contributed by atoms with van der Waals surface area (Å²) in [5.41, 5.74) is -0.159. The Bertz CT molecular complexity index is 238. The predicted molar refractivity (Wildman–Crippen MR) is 71.0 cm³/mol. The van der Waals surface area contributed by atoms with Crippen molar-refractivity contribution in [1.82, 2.24) is 10.6 Å². The van der Waals surface area contributed by atoms with E-state index in [0.717, 1.165) is 6.42 Å². The molecular formula is C12H24N2OS. The van der Waals surface area contributed by atoms with Crippen molar-refractivity contribution in [1.29, 1.82) is 0 Å². The molecule has 0 aromatic heterocycles. The summed E-state index contributed by atoms with van der Waals surface area (Å²) in [5.74, 6) is 0. The quantitative estimate of drug-likeness (QED) is 0.784. The maximum absolute atomic E-state index is 11.8. The molecule has 0 aromatic carbocycles. The largest absolute Gasteiger partial charge is 0.334 e. The van der Waals surface area contributed by atoms with E-state index in [2.05, 4.69) is 16.9 Å². The summed E-state index contributed by atoms with van der Waals surface area (Å²) in [6.07, 6.45) is 7.00. The molecule has 1 rings (SSSR count). The fourth-order valence-corrected chi connectivity index (χ4v) is 3.02. The molecule has 1 aliphatic carbocycles. The predicted octanol–water partition coefficient (Wildman–Crippen LogP) is 2.76. The van der Waals surface area contributed by atoms with Crippen molar-refractivity contribution in [2.45, 2.75) is 63.3 Å². The van der Waals surface area contributed by atoms with Gasteiger partial charge in [-0.05, 0) is 39.9 Å². The molecule has 2 amide bonds. The van der Waals surface area contributed by atoms with Gasteiger partial charge in [0.25, 0.3) is 0 Å². The number of nitrogens with one attached hydrogen (secondary N) is 2. The van der Waals surface area contributed by atoms with Crippen molar-refractivity contribution in [3.05, 3.63) is 0 Å². The molecule has 1 aliphatic rings. The second-order valence-corrected chi connectivity index (χ2v) is 6.59. The maximum Gasteiger partial charge on any atom is 0.315 e. The van der Waals surface area contributed by atoms with Gasteiger partial charge in [0.2, 0.25) is 0 Å². The van der Waals surface area contributed by atoms with Gasteiger partial charge in [-0.25, -0.2) is 4.79 Å². The normalized spacial score (nSPS) is 26.2. The highest BCUT2D eigenvalue weighted by Gasteiger charge is 2.26. The first kappa shape index (κ1) is 13.7. The van der Waals surface area contributed by atoms with Crippen LogP contribution in [0.1, 0.15) is 46.5 Å². The van der Waals surface area contributed by atoms with Gasteiger partial charge in [-0.2, -0.15) is 11.8 Å². The van der Waals surface area contributed by atoms with Gasteiger partial charge in [-0.3, -0.25) is 0 Å². The highest BCUT2D eigenvalue weighted by Crippen LogP contribution is 2.27. The molecule has 0 aliphatic heterocycles. The van der Waals surface area contributed by atoms with Crippen LogP contribution in [0, 0.1) is 0 Å². The molecule has 0 aromatic rings. The minimum Gasteiger partial charge on any atom is -0.334 e. The van der Waals surface area contributed by atoms with Crippen LogP contribution < -0.4 is 10.6 Å². The summed E-state index contributed by atoms with van der Waals surface area (Å²) in [6.45, 7) is 6.00. The van der Waals surface area contributed by atoms with Crippen LogP contribution in [0.2, 0.25) is 0 Å². The van der Waals surface area contributed by atoms with Crippen molar-refractivity contribution in [3.63, 3.8) is 0 Å². The summed E-state index contributed by atoms with van der Waals surface area (Å²) in [4.78, 5) is 11.8. The zero-order valence-electron chi connectivity index (χ0n) is 10.8. The zero-order chi connectivity index (χ0) is 12.2. The Morgan fingerprint density at radius 2 is 1.88 bits per heavy atom. The Hall–Kier alpha value is -0.380. The molecule has 0 heterocycles. The summed E-state index contributed by atoms with van der Waals surface area (Å²) in [6, 6.07) is 0.310. The van der Waals surface area contributed by atoms with Crippen LogP contribution in [0.15, 0.2) is 0 Å². The van der Waals surface area contributed by atoms with Crippen LogP contribution in [0.4, 0.5) is 4.79 Å². The van der Waals surface area contributed by atoms with Gasteiger partial charge in [0, 0.05) is 16.8 Å². The SMILES string of the molecule is CSC1CCCCC1NC(=O)NC(C)(C)C. The van der Waals surface area contributed by atoms with E-state index in [0.29, 0.717) is 11.3 Å². The van der Waals surface area contributed by atoms with Crippen LogP contribution >= 0.6 is 11.8 Å². The fraction of sp³-hybridized carbons (Fsp3) is 0.917. The first-order chi connectivity index (χ1) is 7.42. The van der Waals surface area contributed by atoms with Crippen molar-refractivity contribution < 1.29 is 4.79 Å². The molecule has 0 spiro atoms. The molecule has 2 atom stereocenters. The lowest BCUT2D eigenvalue weighted by Gasteiger charge is -2.32. The molecule has 2 N–H and O–H groups in total. The molecule has 94 valence electrons. The van der Waals surface area contributed by atoms with Gasteiger partial charge in [0.15, 0.2) is 0 Å². The Balaban J connectivity index is 2.42. The van der Waals surface area contributed by atoms with Crippen LogP contribution in [0.5, 0.6) is 0 Å². The van der Waals surface area contributed by atoms with Crippen LogP contribution in [0.25, 0.3) is 0 Å². The molecule has 4 heteroatoms. The standard InChI is InChI=1S/C12H24N2OS/c1-12(2,3)14-11(15)13-9-7-5-6-8-10(9)16-4/h9-10H,5-8H2,1-4H3,(H2,13,14,15). The van der Waals surface area contributed by atoms with E-state index in [9.17, 15) is 4.79 Å². The number of thioether (sulfide) groups is 1. The van der Waals surface area contributed by atoms with E-state index >= 15 is 0 Å². The van der Waals surface area contributed by atoms with Gasteiger partial charge in [0.1, 0.15) is 0 Å². The highest BCUT2D eigenvalue weighted by molar-refractivity contribution is 7.99. The Kier molecular flexibility index (Phi) is 4.96. The molecule has 1 fully saturated rings. The van der Waals surface area contributed by atoms with Crippen molar-refractivity contribution in [2.75, 3.05) is 6.26 Å². The molecule has 0 radical (unpaired) electrons. The number of hydrogen-bond acceptors (Lipinski definition) is 2. The second kappa shape index (κ2) is 5.80. The highest BCUT2D eigenvalue weighted by atomic mass is 32.2. The fourth-order valence-electron chi connectivity index (χ4n) is 2.09. The van der Waals surface area contributed by atoms with E-state index in [-0.39, 0.29) is 11.6 Å². The average Bonchev–Trinajstić information content (AvgIpc) is 2.15. The van der Waals surface area contributed by atoms with Gasteiger partial charge < -0.3 is 10.6 Å². The Morgan fingerprint density at radius 1 is 1.25 bits per heavy atom. The minimum absolute atomic E-state index is 0.0292. The number of amides is 2. The van der Waals surface area contributed by atoms with Crippen molar-refractivity contribution in [2.24, 2.45) is 0 Å². The van der Waals surface area contributed by atoms with Crippen LogP contribution in [-0.2, 0) is 0 Å². The second-order valence-electron chi connectivity index (χ2n) is 5.51. The summed E-state index contributed by atoms with van der Waals surface area (Å²) >= 11 is 1.87. The van der Waals surface area contributed by atoms with Crippen molar-refractivity contribution in [3.8, 4) is 0 Å². The molecule has 3 nitrogen and oxygen atoms in total. The third-order valence-corrected chi connectivity index (χ3v) is 3.98. The maximum atomic E-state index is 11.8. The number of carbonyl (C=O) groups excluding carboxylic acids is 1. The Labute approximate surface area is 103 Å². The third-order valence-electron chi connectivity index (χ3n) is 2.81. The number of carbonyl (C=O) groups is 1. The van der Waals surface area contributed by atoms with Crippen LogP contribution in [-0.4, -0.2) is 29.1 Å². The molecule has 1 saturated carbocycles. The molecule has 2 unspecified atom stereocenters. The van der Waals surface area contributed by atoms with E-state index in [4.69, 9.17) is 0 Å². The Morgan fingerprint density at radius 3 is 2.44 bits per heavy atom. The van der Waals surface area contributed by atoms with E-state index < -0.39 is 0 Å². The average molecular weight is 244 g/mol. The van der Waals surface area contributed by atoms with Gasteiger partial charge in [-0.1, -0.05) is 12.8 Å². The lowest BCUT2D eigenvalue weighted by molar-refractivity contribution is 0.224. The molecule has 0 bridgehead atoms. The topological polar surface area (TPSA) is 41.1 Å². The molecular weight excluding hydrogens is 220 g/mol. The van der Waals surface area contributed by atoms with Gasteiger partial charge >= 0.3 is 6.03 Å². The van der Waals surface area contributed by atoms with E-state index in [1.165, 1.54) is 19.3 Å². The first-order valence-corrected chi connectivity index (χ1v) is 7.32. The van der Waals surface area contributed by atoms with Gasteiger partial charge in [-0.15, -0.1) is 0 Å². The lowest BCUT2D eigenvalue weighted by Crippen LogP contribution is -2.52. The summed E-state index contributed by atoms with van der Waals surface area (Å²) in [5, 5.41) is 6.64. The monoisotopic (exact) mass is 244 g/mol. The molecule has 16 heavy (non-hydrogen) atoms. The summed E-state index contributed by atoms with van der Waals surface area (Å²) < 4.78 is 0. The van der Waals surface area contributed by atoms with Crippen molar-refractivity contribution >= 4 is 17.8 Å². The van der Waals surface area contributed by atoms with Gasteiger partial charge in [0.05, 0.1) is 0 Å². The smallest absolute Gasteiger partial charge is 0.315 e.